The number of esters is 1. The molecule has 0 radical (unpaired) electrons. The second-order valence-electron chi connectivity index (χ2n) is 4.80. The van der Waals surface area contributed by atoms with E-state index in [1.54, 1.807) is 24.3 Å². The number of hydrogen-bond donors (Lipinski definition) is 1. The lowest BCUT2D eigenvalue weighted by molar-refractivity contribution is -0.385. The average Bonchev–Trinajstić information content (AvgIpc) is 2.56. The van der Waals surface area contributed by atoms with E-state index >= 15 is 0 Å². The van der Waals surface area contributed by atoms with E-state index in [9.17, 15) is 19.7 Å². The van der Waals surface area contributed by atoms with Crippen molar-refractivity contribution in [3.8, 4) is 11.5 Å². The predicted molar refractivity (Wildman–Crippen MR) is 83.9 cm³/mol. The first-order chi connectivity index (χ1) is 11.4. The number of nitrogens with zero attached hydrogens (tertiary/aromatic N) is 1. The molecule has 124 valence electrons. The zero-order chi connectivity index (χ0) is 17.7. The first kappa shape index (κ1) is 16.9. The molecule has 0 aliphatic heterocycles. The third kappa shape index (κ3) is 4.07. The van der Waals surface area contributed by atoms with Crippen LogP contribution in [0.2, 0.25) is 0 Å². The molecule has 0 spiro atoms. The first-order valence-corrected chi connectivity index (χ1v) is 6.82. The third-order valence-corrected chi connectivity index (χ3v) is 3.17. The zero-order valence-corrected chi connectivity index (χ0v) is 12.7. The van der Waals surface area contributed by atoms with Crippen molar-refractivity contribution in [1.29, 1.82) is 0 Å². The van der Waals surface area contributed by atoms with Crippen LogP contribution in [-0.2, 0) is 16.0 Å². The van der Waals surface area contributed by atoms with Crippen molar-refractivity contribution < 1.29 is 24.0 Å². The number of nitrogens with two attached hydrogens (primary N) is 1. The average molecular weight is 330 g/mol. The molecule has 2 N–H and O–H groups in total. The van der Waals surface area contributed by atoms with Crippen LogP contribution in [0.4, 0.5) is 5.69 Å². The molecule has 24 heavy (non-hydrogen) atoms. The van der Waals surface area contributed by atoms with E-state index in [1.807, 2.05) is 0 Å². The summed E-state index contributed by atoms with van der Waals surface area (Å²) >= 11 is 0. The van der Waals surface area contributed by atoms with Crippen LogP contribution in [0.15, 0.2) is 42.5 Å². The van der Waals surface area contributed by atoms with Gasteiger partial charge in [0.1, 0.15) is 5.75 Å². The lowest BCUT2D eigenvalue weighted by Gasteiger charge is -2.08. The molecule has 2 aromatic rings. The molecule has 0 heterocycles. The number of rotatable bonds is 6. The van der Waals surface area contributed by atoms with Gasteiger partial charge in [-0.15, -0.1) is 0 Å². The molecule has 0 unspecified atom stereocenters. The summed E-state index contributed by atoms with van der Waals surface area (Å²) in [5, 5.41) is 11.1. The Balaban J connectivity index is 2.23. The topological polar surface area (TPSA) is 122 Å². The van der Waals surface area contributed by atoms with Crippen molar-refractivity contribution in [2.75, 3.05) is 7.11 Å². The standard InChI is InChI=1S/C16H14N2O6/c1-23-15(19)8-10-2-5-12(6-3-10)24-14-7-4-11(16(17)20)9-13(14)18(21)22/h2-7,9H,8H2,1H3,(H2,17,20). The largest absolute Gasteiger partial charge is 0.469 e. The van der Waals surface area contributed by atoms with Crippen LogP contribution in [0.1, 0.15) is 15.9 Å². The number of methoxy groups -OCH3 is 1. The van der Waals surface area contributed by atoms with Crippen LogP contribution in [0.5, 0.6) is 11.5 Å². The van der Waals surface area contributed by atoms with Crippen molar-refractivity contribution in [2.24, 2.45) is 5.73 Å². The van der Waals surface area contributed by atoms with Gasteiger partial charge in [0.25, 0.3) is 0 Å². The predicted octanol–water partition coefficient (Wildman–Crippen LogP) is 2.20. The zero-order valence-electron chi connectivity index (χ0n) is 12.7. The number of carbonyl (C=O) groups is 2. The van der Waals surface area contributed by atoms with Crippen molar-refractivity contribution >= 4 is 17.6 Å². The van der Waals surface area contributed by atoms with Crippen LogP contribution in [0, 0.1) is 10.1 Å². The molecule has 1 amide bonds. The molecule has 0 fully saturated rings. The fourth-order valence-corrected chi connectivity index (χ4v) is 1.94. The van der Waals surface area contributed by atoms with Gasteiger partial charge >= 0.3 is 11.7 Å². The maximum atomic E-state index is 11.2. The van der Waals surface area contributed by atoms with Crippen molar-refractivity contribution in [3.05, 3.63) is 63.7 Å². The number of carbonyl (C=O) groups excluding carboxylic acids is 2. The molecule has 8 nitrogen and oxygen atoms in total. The van der Waals surface area contributed by atoms with Gasteiger partial charge in [0.15, 0.2) is 0 Å². The van der Waals surface area contributed by atoms with Gasteiger partial charge in [0, 0.05) is 11.6 Å². The Hall–Kier alpha value is -3.42. The lowest BCUT2D eigenvalue weighted by Crippen LogP contribution is -2.11. The Labute approximate surface area is 136 Å². The summed E-state index contributed by atoms with van der Waals surface area (Å²) in [4.78, 5) is 32.8. The first-order valence-electron chi connectivity index (χ1n) is 6.82. The van der Waals surface area contributed by atoms with Crippen LogP contribution in [0.25, 0.3) is 0 Å². The normalized spacial score (nSPS) is 10.0. The molecule has 0 atom stereocenters. The van der Waals surface area contributed by atoms with Gasteiger partial charge in [0.2, 0.25) is 11.7 Å². The Bertz CT molecular complexity index is 786. The molecule has 0 bridgehead atoms. The summed E-state index contributed by atoms with van der Waals surface area (Å²) in [6.07, 6.45) is 0.115. The maximum Gasteiger partial charge on any atom is 0.312 e. The summed E-state index contributed by atoms with van der Waals surface area (Å²) in [6.45, 7) is 0. The van der Waals surface area contributed by atoms with Crippen molar-refractivity contribution in [1.82, 2.24) is 0 Å². The second kappa shape index (κ2) is 7.23. The highest BCUT2D eigenvalue weighted by Crippen LogP contribution is 2.32. The van der Waals surface area contributed by atoms with Gasteiger partial charge in [0.05, 0.1) is 18.5 Å². The molecule has 2 aromatic carbocycles. The van der Waals surface area contributed by atoms with E-state index in [1.165, 1.54) is 19.2 Å². The highest BCUT2D eigenvalue weighted by atomic mass is 16.6. The Morgan fingerprint density at radius 2 is 1.83 bits per heavy atom. The highest BCUT2D eigenvalue weighted by Gasteiger charge is 2.18. The Morgan fingerprint density at radius 3 is 2.38 bits per heavy atom. The molecule has 2 rings (SSSR count). The fraction of sp³-hybridized carbons (Fsp3) is 0.125. The summed E-state index contributed by atoms with van der Waals surface area (Å²) < 4.78 is 10.1. The maximum absolute atomic E-state index is 11.2. The smallest absolute Gasteiger partial charge is 0.312 e. The summed E-state index contributed by atoms with van der Waals surface area (Å²) in [5.41, 5.74) is 5.47. The minimum atomic E-state index is -0.767. The molecule has 0 aliphatic carbocycles. The van der Waals surface area contributed by atoms with E-state index in [4.69, 9.17) is 10.5 Å². The Kier molecular flexibility index (Phi) is 5.10. The van der Waals surface area contributed by atoms with E-state index in [0.29, 0.717) is 11.3 Å². The molecule has 0 aliphatic rings. The molecular formula is C16H14N2O6. The number of nitro groups is 1. The van der Waals surface area contributed by atoms with Crippen LogP contribution < -0.4 is 10.5 Å². The van der Waals surface area contributed by atoms with Gasteiger partial charge in [-0.3, -0.25) is 19.7 Å². The van der Waals surface area contributed by atoms with Gasteiger partial charge in [-0.1, -0.05) is 12.1 Å². The van der Waals surface area contributed by atoms with Crippen LogP contribution in [-0.4, -0.2) is 23.9 Å². The minimum absolute atomic E-state index is 0.0162. The van der Waals surface area contributed by atoms with Crippen molar-refractivity contribution in [2.45, 2.75) is 6.42 Å². The Morgan fingerprint density at radius 1 is 1.17 bits per heavy atom. The van der Waals surface area contributed by atoms with Gasteiger partial charge in [-0.05, 0) is 29.8 Å². The lowest BCUT2D eigenvalue weighted by atomic mass is 10.1. The summed E-state index contributed by atoms with van der Waals surface area (Å²) in [6, 6.07) is 10.2. The number of nitro benzene ring substituents is 1. The summed E-state index contributed by atoms with van der Waals surface area (Å²) in [7, 11) is 1.30. The van der Waals surface area contributed by atoms with Gasteiger partial charge in [-0.25, -0.2) is 0 Å². The fourth-order valence-electron chi connectivity index (χ4n) is 1.94. The molecule has 0 aromatic heterocycles. The number of hydrogen-bond acceptors (Lipinski definition) is 6. The van der Waals surface area contributed by atoms with E-state index in [-0.39, 0.29) is 29.4 Å². The van der Waals surface area contributed by atoms with Crippen LogP contribution in [0.3, 0.4) is 0 Å². The molecule has 8 heteroatoms. The van der Waals surface area contributed by atoms with E-state index in [2.05, 4.69) is 4.74 Å². The number of benzene rings is 2. The van der Waals surface area contributed by atoms with Crippen molar-refractivity contribution in [3.63, 3.8) is 0 Å². The SMILES string of the molecule is COC(=O)Cc1ccc(Oc2ccc(C(N)=O)cc2[N+](=O)[O-])cc1. The number of primary amides is 1. The van der Waals surface area contributed by atoms with Gasteiger partial charge in [-0.2, -0.15) is 0 Å². The quantitative estimate of drug-likeness (QED) is 0.492. The molecular weight excluding hydrogens is 316 g/mol. The summed E-state index contributed by atoms with van der Waals surface area (Å²) in [5.74, 6) is -0.817. The highest BCUT2D eigenvalue weighted by molar-refractivity contribution is 5.93. The molecule has 0 saturated carbocycles. The molecule has 0 saturated heterocycles. The number of ether oxygens (including phenoxy) is 2. The number of amides is 1. The third-order valence-electron chi connectivity index (χ3n) is 3.17. The minimum Gasteiger partial charge on any atom is -0.469 e. The van der Waals surface area contributed by atoms with Gasteiger partial charge < -0.3 is 15.2 Å². The second-order valence-corrected chi connectivity index (χ2v) is 4.80. The van der Waals surface area contributed by atoms with E-state index < -0.39 is 10.8 Å². The van der Waals surface area contributed by atoms with Crippen LogP contribution >= 0.6 is 0 Å². The monoisotopic (exact) mass is 330 g/mol. The van der Waals surface area contributed by atoms with E-state index in [0.717, 1.165) is 6.07 Å².